The molecule has 0 aliphatic carbocycles. The predicted molar refractivity (Wildman–Crippen MR) is 96.6 cm³/mol. The Morgan fingerprint density at radius 3 is 2.21 bits per heavy atom. The molecule has 0 unspecified atom stereocenters. The molecule has 1 aromatic heterocycles. The normalized spacial score (nSPS) is 12.1. The first-order valence-corrected chi connectivity index (χ1v) is 9.59. The first-order chi connectivity index (χ1) is 13.5. The lowest BCUT2D eigenvalue weighted by Crippen LogP contribution is -2.16. The minimum absolute atomic E-state index is 0.180. The van der Waals surface area contributed by atoms with E-state index in [0.717, 1.165) is 0 Å². The summed E-state index contributed by atoms with van der Waals surface area (Å²) in [6, 6.07) is 9.97. The van der Waals surface area contributed by atoms with Crippen molar-refractivity contribution in [3.8, 4) is 11.1 Å². The number of rotatable bonds is 4. The van der Waals surface area contributed by atoms with E-state index in [0.29, 0.717) is 23.4 Å². The van der Waals surface area contributed by atoms with E-state index in [1.807, 2.05) is 4.72 Å². The van der Waals surface area contributed by atoms with Gasteiger partial charge in [0.2, 0.25) is 0 Å². The quantitative estimate of drug-likeness (QED) is 0.585. The maximum atomic E-state index is 14.0. The SMILES string of the molecule is Cc1nc(NS(=O)(=O)c2ccc(F)c(C(F)(F)F)c2)ccc1-c1ccccc1F. The first-order valence-electron chi connectivity index (χ1n) is 8.11. The van der Waals surface area contributed by atoms with Crippen molar-refractivity contribution in [2.45, 2.75) is 18.0 Å². The van der Waals surface area contributed by atoms with Crippen molar-refractivity contribution in [2.24, 2.45) is 0 Å². The van der Waals surface area contributed by atoms with Crippen molar-refractivity contribution >= 4 is 15.8 Å². The van der Waals surface area contributed by atoms with Crippen LogP contribution < -0.4 is 4.72 Å². The fourth-order valence-corrected chi connectivity index (χ4v) is 3.69. The van der Waals surface area contributed by atoms with Crippen molar-refractivity contribution in [1.82, 2.24) is 4.98 Å². The number of sulfonamides is 1. The van der Waals surface area contributed by atoms with Gasteiger partial charge in [0, 0.05) is 16.8 Å². The molecule has 0 radical (unpaired) electrons. The van der Waals surface area contributed by atoms with Crippen LogP contribution in [-0.4, -0.2) is 13.4 Å². The average Bonchev–Trinajstić information content (AvgIpc) is 2.61. The van der Waals surface area contributed by atoms with Crippen LogP contribution in [0, 0.1) is 18.6 Å². The number of benzene rings is 2. The van der Waals surface area contributed by atoms with E-state index in [1.54, 1.807) is 6.07 Å². The monoisotopic (exact) mass is 428 g/mol. The Hall–Kier alpha value is -3.01. The number of alkyl halides is 3. The maximum absolute atomic E-state index is 14.0. The lowest BCUT2D eigenvalue weighted by Gasteiger charge is -2.13. The highest BCUT2D eigenvalue weighted by Gasteiger charge is 2.35. The van der Waals surface area contributed by atoms with Crippen molar-refractivity contribution in [1.29, 1.82) is 0 Å². The molecule has 4 nitrogen and oxygen atoms in total. The number of aromatic nitrogens is 1. The third-order valence-corrected chi connectivity index (χ3v) is 5.39. The van der Waals surface area contributed by atoms with Crippen LogP contribution >= 0.6 is 0 Å². The van der Waals surface area contributed by atoms with Gasteiger partial charge in [-0.25, -0.2) is 22.2 Å². The molecule has 0 saturated heterocycles. The van der Waals surface area contributed by atoms with Gasteiger partial charge in [0.05, 0.1) is 10.5 Å². The summed E-state index contributed by atoms with van der Waals surface area (Å²) in [6.45, 7) is 1.53. The second-order valence-corrected chi connectivity index (χ2v) is 7.74. The number of nitrogens with one attached hydrogen (secondary N) is 1. The van der Waals surface area contributed by atoms with Crippen LogP contribution in [-0.2, 0) is 16.2 Å². The van der Waals surface area contributed by atoms with Gasteiger partial charge in [0.1, 0.15) is 17.5 Å². The van der Waals surface area contributed by atoms with E-state index < -0.39 is 38.3 Å². The summed E-state index contributed by atoms with van der Waals surface area (Å²) < 4.78 is 92.7. The van der Waals surface area contributed by atoms with Crippen LogP contribution in [0.2, 0.25) is 0 Å². The molecule has 3 aromatic rings. The minimum Gasteiger partial charge on any atom is -0.263 e. The van der Waals surface area contributed by atoms with Crippen LogP contribution in [0.4, 0.5) is 27.8 Å². The Labute approximate surface area is 163 Å². The lowest BCUT2D eigenvalue weighted by atomic mass is 10.0. The highest BCUT2D eigenvalue weighted by molar-refractivity contribution is 7.92. The number of nitrogens with zero attached hydrogens (tertiary/aromatic N) is 1. The molecule has 0 aliphatic heterocycles. The second kappa shape index (κ2) is 7.43. The zero-order valence-corrected chi connectivity index (χ0v) is 15.6. The van der Waals surface area contributed by atoms with E-state index in [1.165, 1.54) is 37.3 Å². The molecule has 1 heterocycles. The van der Waals surface area contributed by atoms with E-state index >= 15 is 0 Å². The third-order valence-electron chi connectivity index (χ3n) is 4.04. The van der Waals surface area contributed by atoms with Gasteiger partial charge >= 0.3 is 6.18 Å². The van der Waals surface area contributed by atoms with Crippen molar-refractivity contribution in [2.75, 3.05) is 4.72 Å². The number of halogens is 5. The molecule has 152 valence electrons. The summed E-state index contributed by atoms with van der Waals surface area (Å²) in [5.41, 5.74) is -0.711. The number of anilines is 1. The van der Waals surface area contributed by atoms with Crippen LogP contribution in [0.5, 0.6) is 0 Å². The number of hydrogen-bond donors (Lipinski definition) is 1. The van der Waals surface area contributed by atoms with Gasteiger partial charge in [-0.3, -0.25) is 4.72 Å². The molecule has 0 fully saturated rings. The molecule has 0 amide bonds. The van der Waals surface area contributed by atoms with Gasteiger partial charge in [-0.05, 0) is 43.3 Å². The molecule has 0 saturated carbocycles. The molecule has 1 N–H and O–H groups in total. The third kappa shape index (κ3) is 4.37. The Morgan fingerprint density at radius 1 is 0.897 bits per heavy atom. The zero-order valence-electron chi connectivity index (χ0n) is 14.8. The molecule has 0 atom stereocenters. The minimum atomic E-state index is -5.05. The Balaban J connectivity index is 1.94. The predicted octanol–water partition coefficient (Wildman–Crippen LogP) is 5.15. The van der Waals surface area contributed by atoms with Gasteiger partial charge < -0.3 is 0 Å². The van der Waals surface area contributed by atoms with Gasteiger partial charge in [0.25, 0.3) is 10.0 Å². The largest absolute Gasteiger partial charge is 0.419 e. The van der Waals surface area contributed by atoms with E-state index in [-0.39, 0.29) is 17.4 Å². The summed E-state index contributed by atoms with van der Waals surface area (Å²) >= 11 is 0. The summed E-state index contributed by atoms with van der Waals surface area (Å²) in [5.74, 6) is -2.25. The fraction of sp³-hybridized carbons (Fsp3) is 0.105. The molecular formula is C19H13F5N2O2S. The molecule has 29 heavy (non-hydrogen) atoms. The smallest absolute Gasteiger partial charge is 0.263 e. The Kier molecular flexibility index (Phi) is 5.31. The highest BCUT2D eigenvalue weighted by Crippen LogP contribution is 2.33. The Bertz CT molecular complexity index is 1180. The molecule has 3 rings (SSSR count). The topological polar surface area (TPSA) is 59.1 Å². The van der Waals surface area contributed by atoms with E-state index in [2.05, 4.69) is 4.98 Å². The first kappa shape index (κ1) is 20.7. The molecular weight excluding hydrogens is 415 g/mol. The molecule has 10 heteroatoms. The number of aryl methyl sites for hydroxylation is 1. The molecule has 0 bridgehead atoms. The average molecular weight is 428 g/mol. The Morgan fingerprint density at radius 2 is 1.59 bits per heavy atom. The van der Waals surface area contributed by atoms with E-state index in [4.69, 9.17) is 0 Å². The van der Waals surface area contributed by atoms with Crippen LogP contribution in [0.15, 0.2) is 59.5 Å². The van der Waals surface area contributed by atoms with Gasteiger partial charge in [-0.1, -0.05) is 18.2 Å². The summed E-state index contributed by atoms with van der Waals surface area (Å²) in [5, 5.41) is 0. The van der Waals surface area contributed by atoms with Gasteiger partial charge in [-0.15, -0.1) is 0 Å². The zero-order chi connectivity index (χ0) is 21.4. The lowest BCUT2D eigenvalue weighted by molar-refractivity contribution is -0.140. The summed E-state index contributed by atoms with van der Waals surface area (Å²) in [4.78, 5) is 3.26. The van der Waals surface area contributed by atoms with Crippen molar-refractivity contribution < 1.29 is 30.4 Å². The van der Waals surface area contributed by atoms with Crippen molar-refractivity contribution in [3.63, 3.8) is 0 Å². The van der Waals surface area contributed by atoms with Crippen LogP contribution in [0.25, 0.3) is 11.1 Å². The van der Waals surface area contributed by atoms with Crippen molar-refractivity contribution in [3.05, 3.63) is 77.5 Å². The highest BCUT2D eigenvalue weighted by atomic mass is 32.2. The number of hydrogen-bond acceptors (Lipinski definition) is 3. The van der Waals surface area contributed by atoms with Gasteiger partial charge in [0.15, 0.2) is 0 Å². The molecule has 0 spiro atoms. The molecule has 2 aromatic carbocycles. The summed E-state index contributed by atoms with van der Waals surface area (Å²) in [6.07, 6.45) is -5.05. The standard InChI is InChI=1S/C19H13F5N2O2S/c1-11-13(14-4-2-3-5-16(14)20)7-9-18(25-11)26-29(27,28)12-6-8-17(21)15(10-12)19(22,23)24/h2-10H,1H3,(H,25,26). The van der Waals surface area contributed by atoms with E-state index in [9.17, 15) is 30.4 Å². The fourth-order valence-electron chi connectivity index (χ4n) is 2.67. The number of pyridine rings is 1. The molecule has 0 aliphatic rings. The van der Waals surface area contributed by atoms with Crippen LogP contribution in [0.1, 0.15) is 11.3 Å². The second-order valence-electron chi connectivity index (χ2n) is 6.05. The van der Waals surface area contributed by atoms with Crippen LogP contribution in [0.3, 0.4) is 0 Å². The summed E-state index contributed by atoms with van der Waals surface area (Å²) in [7, 11) is -4.47. The maximum Gasteiger partial charge on any atom is 0.419 e. The van der Waals surface area contributed by atoms with Gasteiger partial charge in [-0.2, -0.15) is 13.2 Å².